The molecule has 0 fully saturated rings. The van der Waals surface area contributed by atoms with Gasteiger partial charge in [0, 0.05) is 12.3 Å². The third kappa shape index (κ3) is 4.32. The van der Waals surface area contributed by atoms with Gasteiger partial charge in [0.2, 0.25) is 5.91 Å². The Morgan fingerprint density at radius 1 is 1.19 bits per heavy atom. The van der Waals surface area contributed by atoms with Crippen molar-refractivity contribution in [1.82, 2.24) is 4.98 Å². The van der Waals surface area contributed by atoms with Crippen LogP contribution < -0.4 is 4.90 Å². The number of carbonyl (C=O) groups excluding carboxylic acids is 2. The van der Waals surface area contributed by atoms with Crippen molar-refractivity contribution in [2.45, 2.75) is 13.5 Å². The van der Waals surface area contributed by atoms with Crippen LogP contribution in [0.1, 0.15) is 23.0 Å². The third-order valence-corrected chi connectivity index (χ3v) is 4.77. The van der Waals surface area contributed by atoms with Crippen LogP contribution >= 0.6 is 22.9 Å². The first-order chi connectivity index (χ1) is 13.0. The molecule has 0 saturated heterocycles. The van der Waals surface area contributed by atoms with E-state index in [9.17, 15) is 14.0 Å². The number of rotatable bonds is 5. The van der Waals surface area contributed by atoms with Crippen molar-refractivity contribution in [3.8, 4) is 0 Å². The molecule has 5 nitrogen and oxygen atoms in total. The topological polar surface area (TPSA) is 59.5 Å². The fourth-order valence-corrected chi connectivity index (χ4v) is 3.49. The summed E-state index contributed by atoms with van der Waals surface area (Å²) in [7, 11) is 0. The summed E-state index contributed by atoms with van der Waals surface area (Å²) in [4.78, 5) is 29.9. The Hall–Kier alpha value is -2.77. The molecule has 0 aliphatic carbocycles. The molecule has 0 aliphatic heterocycles. The number of hydrogen-bond donors (Lipinski definition) is 0. The molecule has 1 amide bonds. The number of para-hydroxylation sites is 1. The van der Waals surface area contributed by atoms with Crippen LogP contribution in [0.15, 0.2) is 53.9 Å². The molecule has 0 aliphatic rings. The Labute approximate surface area is 164 Å². The van der Waals surface area contributed by atoms with Crippen molar-refractivity contribution in [2.24, 2.45) is 0 Å². The summed E-state index contributed by atoms with van der Waals surface area (Å²) in [6.45, 7) is 1.27. The van der Waals surface area contributed by atoms with Gasteiger partial charge in [-0.05, 0) is 24.3 Å². The van der Waals surface area contributed by atoms with Crippen molar-refractivity contribution < 1.29 is 18.7 Å². The van der Waals surface area contributed by atoms with Gasteiger partial charge in [-0.1, -0.05) is 35.9 Å². The first kappa shape index (κ1) is 19.0. The Morgan fingerprint density at radius 3 is 2.59 bits per heavy atom. The second-order valence-electron chi connectivity index (χ2n) is 5.48. The summed E-state index contributed by atoms with van der Waals surface area (Å²) in [6.07, 6.45) is 0. The average molecular weight is 405 g/mol. The number of thiazole rings is 1. The van der Waals surface area contributed by atoms with E-state index in [1.165, 1.54) is 35.3 Å². The van der Waals surface area contributed by atoms with Crippen LogP contribution in [-0.2, 0) is 16.1 Å². The number of benzene rings is 2. The average Bonchev–Trinajstić information content (AvgIpc) is 3.09. The fraction of sp³-hybridized carbons (Fsp3) is 0.105. The van der Waals surface area contributed by atoms with E-state index in [0.29, 0.717) is 16.5 Å². The molecule has 0 atom stereocenters. The largest absolute Gasteiger partial charge is 0.455 e. The van der Waals surface area contributed by atoms with E-state index in [0.717, 1.165) is 6.07 Å². The van der Waals surface area contributed by atoms with Crippen molar-refractivity contribution in [3.05, 3.63) is 76.0 Å². The van der Waals surface area contributed by atoms with Gasteiger partial charge in [0.15, 0.2) is 5.13 Å². The summed E-state index contributed by atoms with van der Waals surface area (Å²) in [6, 6.07) is 13.0. The Morgan fingerprint density at radius 2 is 1.93 bits per heavy atom. The van der Waals surface area contributed by atoms with E-state index in [1.54, 1.807) is 17.5 Å². The molecule has 3 aromatic rings. The van der Waals surface area contributed by atoms with E-state index in [2.05, 4.69) is 4.98 Å². The Kier molecular flexibility index (Phi) is 5.83. The summed E-state index contributed by atoms with van der Waals surface area (Å²) >= 11 is 7.09. The van der Waals surface area contributed by atoms with Gasteiger partial charge < -0.3 is 4.74 Å². The van der Waals surface area contributed by atoms with Gasteiger partial charge in [0.05, 0.1) is 16.4 Å². The predicted octanol–water partition coefficient (Wildman–Crippen LogP) is 4.98. The van der Waals surface area contributed by atoms with Gasteiger partial charge in [-0.3, -0.25) is 9.69 Å². The second-order valence-corrected chi connectivity index (χ2v) is 6.73. The Bertz CT molecular complexity index is 958. The molecule has 0 N–H and O–H groups in total. The van der Waals surface area contributed by atoms with Crippen LogP contribution in [-0.4, -0.2) is 16.9 Å². The van der Waals surface area contributed by atoms with Gasteiger partial charge in [-0.2, -0.15) is 0 Å². The highest BCUT2D eigenvalue weighted by Crippen LogP contribution is 2.29. The highest BCUT2D eigenvalue weighted by atomic mass is 35.5. The molecule has 0 unspecified atom stereocenters. The first-order valence-electron chi connectivity index (χ1n) is 7.88. The summed E-state index contributed by atoms with van der Waals surface area (Å²) in [5.41, 5.74) is 0.809. The number of anilines is 2. The first-order valence-corrected chi connectivity index (χ1v) is 9.14. The summed E-state index contributed by atoms with van der Waals surface area (Å²) in [5.74, 6) is -1.82. The minimum Gasteiger partial charge on any atom is -0.455 e. The molecule has 138 valence electrons. The van der Waals surface area contributed by atoms with Crippen LogP contribution in [0.3, 0.4) is 0 Å². The monoisotopic (exact) mass is 404 g/mol. The molecule has 0 spiro atoms. The minimum atomic E-state index is -0.876. The highest BCUT2D eigenvalue weighted by molar-refractivity contribution is 7.14. The molecule has 0 saturated carbocycles. The Balaban J connectivity index is 1.74. The standard InChI is InChI=1S/C19H14ClFN2O3S/c1-12(24)23(14-6-3-2-4-7-14)19-22-13(11-27-19)10-26-18(25)17-15(20)8-5-9-16(17)21/h2-9,11H,10H2,1H3. The van der Waals surface area contributed by atoms with Crippen LogP contribution in [0.4, 0.5) is 15.2 Å². The lowest BCUT2D eigenvalue weighted by Gasteiger charge is -2.17. The highest BCUT2D eigenvalue weighted by Gasteiger charge is 2.20. The molecule has 0 bridgehead atoms. The van der Waals surface area contributed by atoms with Crippen molar-refractivity contribution in [3.63, 3.8) is 0 Å². The molecule has 2 aromatic carbocycles. The van der Waals surface area contributed by atoms with Crippen LogP contribution in [0, 0.1) is 5.82 Å². The quantitative estimate of drug-likeness (QED) is 0.563. The lowest BCUT2D eigenvalue weighted by Crippen LogP contribution is -2.22. The van der Waals surface area contributed by atoms with Crippen molar-refractivity contribution in [2.75, 3.05) is 4.90 Å². The maximum Gasteiger partial charge on any atom is 0.343 e. The summed E-state index contributed by atoms with van der Waals surface area (Å²) in [5, 5.41) is 2.10. The SMILES string of the molecule is CC(=O)N(c1ccccc1)c1nc(COC(=O)c2c(F)cccc2Cl)cs1. The van der Waals surface area contributed by atoms with Crippen LogP contribution in [0.25, 0.3) is 0 Å². The fourth-order valence-electron chi connectivity index (χ4n) is 2.37. The van der Waals surface area contributed by atoms with Gasteiger partial charge in [0.1, 0.15) is 18.0 Å². The third-order valence-electron chi connectivity index (χ3n) is 3.58. The predicted molar refractivity (Wildman–Crippen MR) is 102 cm³/mol. The molecule has 27 heavy (non-hydrogen) atoms. The normalized spacial score (nSPS) is 10.5. The van der Waals surface area contributed by atoms with Crippen LogP contribution in [0.2, 0.25) is 5.02 Å². The number of nitrogens with zero attached hydrogens (tertiary/aromatic N) is 2. The van der Waals surface area contributed by atoms with E-state index in [4.69, 9.17) is 16.3 Å². The molecular formula is C19H14ClFN2O3S. The number of amides is 1. The van der Waals surface area contributed by atoms with Crippen LogP contribution in [0.5, 0.6) is 0 Å². The lowest BCUT2D eigenvalue weighted by atomic mass is 10.2. The number of halogens is 2. The smallest absolute Gasteiger partial charge is 0.343 e. The number of hydrogen-bond acceptors (Lipinski definition) is 5. The molecule has 3 rings (SSSR count). The molecule has 0 radical (unpaired) electrons. The summed E-state index contributed by atoms with van der Waals surface area (Å²) < 4.78 is 18.9. The molecular weight excluding hydrogens is 391 g/mol. The minimum absolute atomic E-state index is 0.0224. The van der Waals surface area contributed by atoms with Crippen molar-refractivity contribution >= 4 is 45.6 Å². The zero-order chi connectivity index (χ0) is 19.4. The molecule has 1 heterocycles. The van der Waals surface area contributed by atoms with E-state index < -0.39 is 11.8 Å². The van der Waals surface area contributed by atoms with Gasteiger partial charge in [0.25, 0.3) is 0 Å². The maximum absolute atomic E-state index is 13.8. The number of carbonyl (C=O) groups is 2. The van der Waals surface area contributed by atoms with Crippen molar-refractivity contribution in [1.29, 1.82) is 0 Å². The zero-order valence-corrected chi connectivity index (χ0v) is 15.8. The van der Waals surface area contributed by atoms with Gasteiger partial charge in [-0.15, -0.1) is 11.3 Å². The maximum atomic E-state index is 13.8. The number of ether oxygens (including phenoxy) is 1. The van der Waals surface area contributed by atoms with E-state index in [1.807, 2.05) is 18.2 Å². The second kappa shape index (κ2) is 8.28. The van der Waals surface area contributed by atoms with Gasteiger partial charge in [-0.25, -0.2) is 14.2 Å². The molecule has 1 aromatic heterocycles. The number of esters is 1. The lowest BCUT2D eigenvalue weighted by molar-refractivity contribution is -0.115. The van der Waals surface area contributed by atoms with E-state index >= 15 is 0 Å². The van der Waals surface area contributed by atoms with E-state index in [-0.39, 0.29) is 23.1 Å². The number of aromatic nitrogens is 1. The molecule has 8 heteroatoms. The van der Waals surface area contributed by atoms with Gasteiger partial charge >= 0.3 is 5.97 Å². The zero-order valence-electron chi connectivity index (χ0n) is 14.2.